The lowest BCUT2D eigenvalue weighted by Gasteiger charge is -2.19. The van der Waals surface area contributed by atoms with E-state index in [9.17, 15) is 14.3 Å². The largest absolute Gasteiger partial charge is 0.498 e. The number of hydrogen-bond acceptors (Lipinski definition) is 8. The van der Waals surface area contributed by atoms with Crippen molar-refractivity contribution in [2.45, 2.75) is 180 Å². The van der Waals surface area contributed by atoms with Gasteiger partial charge in [0.15, 0.2) is 6.10 Å². The third-order valence-electron chi connectivity index (χ3n) is 9.12. The van der Waals surface area contributed by atoms with Crippen LogP contribution < -0.4 is 5.73 Å². The van der Waals surface area contributed by atoms with Gasteiger partial charge in [-0.1, -0.05) is 158 Å². The van der Waals surface area contributed by atoms with Crippen LogP contribution in [0, 0.1) is 0 Å². The highest BCUT2D eigenvalue weighted by atomic mass is 31.2. The molecular formula is C45H78NO8P. The number of phosphoric ester groups is 1. The number of nitrogens with two attached hydrogens (primary N) is 1. The van der Waals surface area contributed by atoms with Crippen LogP contribution in [0.25, 0.3) is 0 Å². The van der Waals surface area contributed by atoms with Crippen molar-refractivity contribution in [3.8, 4) is 0 Å². The third kappa shape index (κ3) is 34.7. The predicted octanol–water partition coefficient (Wildman–Crippen LogP) is 12.1. The molecule has 0 aliphatic carbocycles. The van der Waals surface area contributed by atoms with E-state index >= 15 is 0 Å². The molecule has 316 valence electrons. The first-order chi connectivity index (χ1) is 26.9. The Morgan fingerprint density at radius 3 is 1.76 bits per heavy atom. The average Bonchev–Trinajstić information content (AvgIpc) is 3.93. The summed E-state index contributed by atoms with van der Waals surface area (Å²) in [5, 5.41) is 0. The second-order valence-corrected chi connectivity index (χ2v) is 15.7. The summed E-state index contributed by atoms with van der Waals surface area (Å²) in [6, 6.07) is 0. The molecule has 0 bridgehead atoms. The summed E-state index contributed by atoms with van der Waals surface area (Å²) < 4.78 is 38.8. The summed E-state index contributed by atoms with van der Waals surface area (Å²) in [5.74, 6) is -0.438. The van der Waals surface area contributed by atoms with Crippen molar-refractivity contribution in [2.24, 2.45) is 5.73 Å². The SMILES string of the molecule is CCC=CCC1OC1CC=CCC=CCC=CCC=CCCC(=O)OC(COC=CCCCCCCCCCCCCCCCC)COP(=O)(O)OCCN. The van der Waals surface area contributed by atoms with Crippen LogP contribution >= 0.6 is 7.82 Å². The average molecular weight is 792 g/mol. The Hall–Kier alpha value is -2.26. The summed E-state index contributed by atoms with van der Waals surface area (Å²) >= 11 is 0. The number of phosphoric acid groups is 1. The first-order valence-electron chi connectivity index (χ1n) is 21.6. The standard InChI is InChI=1S/C45H78NO8P/c1-3-5-7-8-9-10-11-12-13-14-17-20-23-26-29-33-38-50-40-42(41-52-55(48,49)51-39-37-46)53-45(47)36-32-28-25-22-19-16-15-18-21-24-27-31-35-44-43(54-44)34-30-6-4-2/h6,16,18-19,21,25,27-28,30-31,33,38,42-44H,3-5,7-15,17,20,22-24,26,29,32,34-37,39-41,46H2,1-2H3,(H,48,49). The van der Waals surface area contributed by atoms with Gasteiger partial charge in [0, 0.05) is 13.0 Å². The van der Waals surface area contributed by atoms with Crippen LogP contribution in [0.5, 0.6) is 0 Å². The molecule has 4 atom stereocenters. The second-order valence-electron chi connectivity index (χ2n) is 14.3. The van der Waals surface area contributed by atoms with Gasteiger partial charge < -0.3 is 24.8 Å². The Kier molecular flexibility index (Phi) is 34.4. The Bertz CT molecular complexity index is 1130. The van der Waals surface area contributed by atoms with Crippen LogP contribution in [0.4, 0.5) is 0 Å². The van der Waals surface area contributed by atoms with Crippen LogP contribution in [0.15, 0.2) is 73.1 Å². The quantitative estimate of drug-likeness (QED) is 0.0156. The second kappa shape index (κ2) is 37.3. The lowest BCUT2D eigenvalue weighted by molar-refractivity contribution is -0.153. The first-order valence-corrected chi connectivity index (χ1v) is 23.1. The number of esters is 1. The van der Waals surface area contributed by atoms with E-state index in [4.69, 9.17) is 29.0 Å². The minimum absolute atomic E-state index is 0.00369. The fraction of sp³-hybridized carbons (Fsp3) is 0.711. The van der Waals surface area contributed by atoms with E-state index in [0.717, 1.165) is 51.4 Å². The van der Waals surface area contributed by atoms with E-state index in [2.05, 4.69) is 62.5 Å². The molecule has 0 aromatic carbocycles. The molecule has 1 heterocycles. The van der Waals surface area contributed by atoms with Gasteiger partial charge in [0.1, 0.15) is 6.61 Å². The zero-order valence-electron chi connectivity index (χ0n) is 34.6. The maximum Gasteiger partial charge on any atom is 0.472 e. The van der Waals surface area contributed by atoms with Crippen molar-refractivity contribution >= 4 is 13.8 Å². The highest BCUT2D eigenvalue weighted by Crippen LogP contribution is 2.43. The summed E-state index contributed by atoms with van der Waals surface area (Å²) in [4.78, 5) is 22.4. The number of allylic oxidation sites excluding steroid dienone is 9. The molecule has 1 fully saturated rings. The van der Waals surface area contributed by atoms with Crippen LogP contribution in [0.1, 0.15) is 162 Å². The van der Waals surface area contributed by atoms with Gasteiger partial charge in [-0.25, -0.2) is 4.57 Å². The lowest BCUT2D eigenvalue weighted by Crippen LogP contribution is -2.27. The Labute approximate surface area is 335 Å². The van der Waals surface area contributed by atoms with E-state index in [1.54, 1.807) is 6.26 Å². The van der Waals surface area contributed by atoms with E-state index in [-0.39, 0.29) is 32.8 Å². The zero-order chi connectivity index (χ0) is 39.9. The molecule has 0 spiro atoms. The fourth-order valence-corrected chi connectivity index (χ4v) is 6.62. The highest BCUT2D eigenvalue weighted by Gasteiger charge is 2.36. The number of hydrogen-bond donors (Lipinski definition) is 2. The molecule has 9 nitrogen and oxygen atoms in total. The van der Waals surface area contributed by atoms with Crippen LogP contribution in [-0.2, 0) is 32.6 Å². The molecule has 1 aliphatic heterocycles. The monoisotopic (exact) mass is 792 g/mol. The molecule has 4 unspecified atom stereocenters. The van der Waals surface area contributed by atoms with Gasteiger partial charge in [-0.05, 0) is 63.9 Å². The molecule has 1 rings (SSSR count). The molecule has 3 N–H and O–H groups in total. The molecule has 0 radical (unpaired) electrons. The summed E-state index contributed by atoms with van der Waals surface area (Å²) in [7, 11) is -4.32. The number of rotatable bonds is 39. The van der Waals surface area contributed by atoms with Gasteiger partial charge in [0.25, 0.3) is 0 Å². The predicted molar refractivity (Wildman–Crippen MR) is 228 cm³/mol. The Morgan fingerprint density at radius 2 is 1.20 bits per heavy atom. The smallest absolute Gasteiger partial charge is 0.472 e. The minimum atomic E-state index is -4.32. The number of carbonyl (C=O) groups is 1. The topological polar surface area (TPSA) is 130 Å². The molecule has 10 heteroatoms. The van der Waals surface area contributed by atoms with Gasteiger partial charge in [0.05, 0.1) is 31.7 Å². The summed E-state index contributed by atoms with van der Waals surface area (Å²) in [6.07, 6.45) is 50.7. The Morgan fingerprint density at radius 1 is 0.673 bits per heavy atom. The molecule has 0 aromatic rings. The summed E-state index contributed by atoms with van der Waals surface area (Å²) in [5.41, 5.74) is 5.36. The maximum atomic E-state index is 12.5. The minimum Gasteiger partial charge on any atom is -0.498 e. The summed E-state index contributed by atoms with van der Waals surface area (Å²) in [6.45, 7) is 4.02. The number of carbonyl (C=O) groups excluding carboxylic acids is 1. The van der Waals surface area contributed by atoms with E-state index in [1.165, 1.54) is 83.5 Å². The van der Waals surface area contributed by atoms with Crippen LogP contribution in [0.3, 0.4) is 0 Å². The van der Waals surface area contributed by atoms with Crippen LogP contribution in [-0.4, -0.2) is 55.5 Å². The molecule has 0 amide bonds. The van der Waals surface area contributed by atoms with Crippen molar-refractivity contribution in [2.75, 3.05) is 26.4 Å². The number of unbranched alkanes of at least 4 members (excludes halogenated alkanes) is 14. The third-order valence-corrected chi connectivity index (χ3v) is 10.1. The molecule has 1 aliphatic rings. The maximum absolute atomic E-state index is 12.5. The molecule has 0 saturated carbocycles. The normalized spacial score (nSPS) is 17.8. The van der Waals surface area contributed by atoms with Gasteiger partial charge in [-0.2, -0.15) is 0 Å². The first kappa shape index (κ1) is 50.8. The zero-order valence-corrected chi connectivity index (χ0v) is 35.5. The molecule has 1 saturated heterocycles. The van der Waals surface area contributed by atoms with Crippen molar-refractivity contribution in [1.29, 1.82) is 0 Å². The molecule has 0 aromatic heterocycles. The number of ether oxygens (including phenoxy) is 3. The molecule has 55 heavy (non-hydrogen) atoms. The van der Waals surface area contributed by atoms with Gasteiger partial charge in [-0.3, -0.25) is 13.8 Å². The van der Waals surface area contributed by atoms with Crippen LogP contribution in [0.2, 0.25) is 0 Å². The Balaban J connectivity index is 2.20. The fourth-order valence-electron chi connectivity index (χ4n) is 5.85. The van der Waals surface area contributed by atoms with Gasteiger partial charge >= 0.3 is 13.8 Å². The lowest BCUT2D eigenvalue weighted by atomic mass is 10.0. The van der Waals surface area contributed by atoms with E-state index < -0.39 is 19.9 Å². The van der Waals surface area contributed by atoms with Crippen molar-refractivity contribution < 1.29 is 37.5 Å². The van der Waals surface area contributed by atoms with Gasteiger partial charge in [0.2, 0.25) is 0 Å². The highest BCUT2D eigenvalue weighted by molar-refractivity contribution is 7.47. The van der Waals surface area contributed by atoms with Crippen molar-refractivity contribution in [1.82, 2.24) is 0 Å². The van der Waals surface area contributed by atoms with E-state index in [1.807, 2.05) is 18.2 Å². The van der Waals surface area contributed by atoms with E-state index in [0.29, 0.717) is 18.6 Å². The van der Waals surface area contributed by atoms with Crippen molar-refractivity contribution in [3.05, 3.63) is 73.1 Å². The molecular weight excluding hydrogens is 713 g/mol. The van der Waals surface area contributed by atoms with Gasteiger partial charge in [-0.15, -0.1) is 0 Å². The number of epoxide rings is 1. The van der Waals surface area contributed by atoms with Crippen molar-refractivity contribution in [3.63, 3.8) is 0 Å².